The predicted octanol–water partition coefficient (Wildman–Crippen LogP) is 2.86. The van der Waals surface area contributed by atoms with E-state index in [2.05, 4.69) is 52.1 Å². The largest absolute Gasteiger partial charge is 0.369 e. The first-order valence-electron chi connectivity index (χ1n) is 5.60. The van der Waals surface area contributed by atoms with Gasteiger partial charge in [-0.1, -0.05) is 24.3 Å². The fourth-order valence-electron chi connectivity index (χ4n) is 1.86. The van der Waals surface area contributed by atoms with E-state index >= 15 is 0 Å². The van der Waals surface area contributed by atoms with Crippen LogP contribution in [0.15, 0.2) is 28.9 Å². The van der Waals surface area contributed by atoms with Crippen LogP contribution in [0.25, 0.3) is 0 Å². The number of nitrogen functional groups attached to an aromatic ring is 1. The normalized spacial score (nSPS) is 10.8. The van der Waals surface area contributed by atoms with Gasteiger partial charge in [-0.15, -0.1) is 0 Å². The summed E-state index contributed by atoms with van der Waals surface area (Å²) >= 11 is 3.51. The molecule has 17 heavy (non-hydrogen) atoms. The van der Waals surface area contributed by atoms with Crippen molar-refractivity contribution in [3.05, 3.63) is 45.7 Å². The van der Waals surface area contributed by atoms with E-state index in [0.717, 1.165) is 23.1 Å². The summed E-state index contributed by atoms with van der Waals surface area (Å²) < 4.78 is 2.83. The summed E-state index contributed by atoms with van der Waals surface area (Å²) in [6, 6.07) is 8.43. The molecule has 0 atom stereocenters. The lowest BCUT2D eigenvalue weighted by Crippen LogP contribution is -1.96. The Hall–Kier alpha value is -1.29. The van der Waals surface area contributed by atoms with Crippen LogP contribution in [-0.4, -0.2) is 9.55 Å². The fraction of sp³-hybridized carbons (Fsp3) is 0.308. The average Bonchev–Trinajstić information content (AvgIpc) is 2.56. The van der Waals surface area contributed by atoms with Crippen LogP contribution in [0.5, 0.6) is 0 Å². The molecule has 3 nitrogen and oxygen atoms in total. The standard InChI is InChI=1S/C13H16BrN3/c1-9-5-3-4-6-10(9)7-8-11-12(14)17(2)13(15)16-11/h3-6H,7-8H2,1-2H3,(H2,15,16). The summed E-state index contributed by atoms with van der Waals surface area (Å²) in [5.41, 5.74) is 9.47. The van der Waals surface area contributed by atoms with E-state index in [9.17, 15) is 0 Å². The van der Waals surface area contributed by atoms with Crippen LogP contribution < -0.4 is 5.73 Å². The highest BCUT2D eigenvalue weighted by Crippen LogP contribution is 2.21. The van der Waals surface area contributed by atoms with Gasteiger partial charge in [0.25, 0.3) is 0 Å². The van der Waals surface area contributed by atoms with Gasteiger partial charge < -0.3 is 10.3 Å². The smallest absolute Gasteiger partial charge is 0.201 e. The minimum atomic E-state index is 0.552. The molecule has 0 bridgehead atoms. The zero-order valence-electron chi connectivity index (χ0n) is 10.1. The fourth-order valence-corrected chi connectivity index (χ4v) is 2.32. The van der Waals surface area contributed by atoms with Crippen molar-refractivity contribution >= 4 is 21.9 Å². The summed E-state index contributed by atoms with van der Waals surface area (Å²) in [4.78, 5) is 4.35. The van der Waals surface area contributed by atoms with E-state index in [4.69, 9.17) is 5.73 Å². The maximum Gasteiger partial charge on any atom is 0.201 e. The van der Waals surface area contributed by atoms with Crippen molar-refractivity contribution in [2.24, 2.45) is 7.05 Å². The lowest BCUT2D eigenvalue weighted by Gasteiger charge is -2.04. The molecule has 0 aliphatic carbocycles. The van der Waals surface area contributed by atoms with E-state index in [1.54, 1.807) is 0 Å². The van der Waals surface area contributed by atoms with E-state index < -0.39 is 0 Å². The van der Waals surface area contributed by atoms with E-state index in [0.29, 0.717) is 5.95 Å². The first-order valence-corrected chi connectivity index (χ1v) is 6.40. The summed E-state index contributed by atoms with van der Waals surface area (Å²) in [7, 11) is 1.91. The summed E-state index contributed by atoms with van der Waals surface area (Å²) in [6.45, 7) is 2.14. The van der Waals surface area contributed by atoms with E-state index in [1.165, 1.54) is 11.1 Å². The molecule has 4 heteroatoms. The van der Waals surface area contributed by atoms with Crippen LogP contribution in [0, 0.1) is 6.92 Å². The van der Waals surface area contributed by atoms with Crippen molar-refractivity contribution in [2.75, 3.05) is 5.73 Å². The molecule has 0 saturated carbocycles. The molecule has 0 radical (unpaired) electrons. The van der Waals surface area contributed by atoms with E-state index in [-0.39, 0.29) is 0 Å². The van der Waals surface area contributed by atoms with Gasteiger partial charge in [0, 0.05) is 7.05 Å². The zero-order valence-corrected chi connectivity index (χ0v) is 11.7. The highest BCUT2D eigenvalue weighted by atomic mass is 79.9. The minimum Gasteiger partial charge on any atom is -0.369 e. The number of aromatic nitrogens is 2. The molecule has 2 aromatic rings. The van der Waals surface area contributed by atoms with Crippen molar-refractivity contribution in [2.45, 2.75) is 19.8 Å². The van der Waals surface area contributed by atoms with Gasteiger partial charge in [-0.3, -0.25) is 0 Å². The number of hydrogen-bond acceptors (Lipinski definition) is 2. The molecular weight excluding hydrogens is 278 g/mol. The zero-order chi connectivity index (χ0) is 12.4. The Balaban J connectivity index is 2.13. The van der Waals surface area contributed by atoms with Crippen LogP contribution >= 0.6 is 15.9 Å². The SMILES string of the molecule is Cc1ccccc1CCc1nc(N)n(C)c1Br. The van der Waals surface area contributed by atoms with Gasteiger partial charge in [0.2, 0.25) is 5.95 Å². The van der Waals surface area contributed by atoms with Gasteiger partial charge in [-0.05, 0) is 46.8 Å². The monoisotopic (exact) mass is 293 g/mol. The van der Waals surface area contributed by atoms with Crippen molar-refractivity contribution < 1.29 is 0 Å². The third kappa shape index (κ3) is 2.52. The Bertz CT molecular complexity index is 531. The molecule has 0 spiro atoms. The van der Waals surface area contributed by atoms with Crippen molar-refractivity contribution in [3.63, 3.8) is 0 Å². The average molecular weight is 294 g/mol. The molecule has 1 heterocycles. The Morgan fingerprint density at radius 3 is 2.59 bits per heavy atom. The molecule has 0 fully saturated rings. The summed E-state index contributed by atoms with van der Waals surface area (Å²) in [5, 5.41) is 0. The highest BCUT2D eigenvalue weighted by Gasteiger charge is 2.10. The third-order valence-corrected chi connectivity index (χ3v) is 4.01. The lowest BCUT2D eigenvalue weighted by molar-refractivity contribution is 0.881. The van der Waals surface area contributed by atoms with Crippen LogP contribution in [0.4, 0.5) is 5.95 Å². The molecule has 0 aliphatic rings. The quantitative estimate of drug-likeness (QED) is 0.946. The highest BCUT2D eigenvalue weighted by molar-refractivity contribution is 9.10. The van der Waals surface area contributed by atoms with Crippen LogP contribution in [-0.2, 0) is 19.9 Å². The van der Waals surface area contributed by atoms with E-state index in [1.807, 2.05) is 11.6 Å². The number of benzene rings is 1. The second-order valence-corrected chi connectivity index (χ2v) is 4.94. The number of aryl methyl sites for hydroxylation is 3. The molecule has 2 N–H and O–H groups in total. The maximum absolute atomic E-state index is 5.76. The number of nitrogens with two attached hydrogens (primary N) is 1. The number of halogens is 1. The first kappa shape index (κ1) is 12.2. The van der Waals surface area contributed by atoms with Crippen LogP contribution in [0.2, 0.25) is 0 Å². The molecule has 90 valence electrons. The molecule has 0 amide bonds. The van der Waals surface area contributed by atoms with Gasteiger partial charge in [0.15, 0.2) is 0 Å². The third-order valence-electron chi connectivity index (χ3n) is 3.02. The van der Waals surface area contributed by atoms with Gasteiger partial charge in [0.1, 0.15) is 4.60 Å². The Labute approximate surface area is 110 Å². The van der Waals surface area contributed by atoms with Crippen molar-refractivity contribution in [3.8, 4) is 0 Å². The van der Waals surface area contributed by atoms with Gasteiger partial charge in [-0.2, -0.15) is 0 Å². The molecule has 0 unspecified atom stereocenters. The Morgan fingerprint density at radius 2 is 2.00 bits per heavy atom. The molecule has 0 saturated heterocycles. The number of anilines is 1. The lowest BCUT2D eigenvalue weighted by atomic mass is 10.0. The Kier molecular flexibility index (Phi) is 3.52. The first-order chi connectivity index (χ1) is 8.09. The van der Waals surface area contributed by atoms with Crippen LogP contribution in [0.3, 0.4) is 0 Å². The molecular formula is C13H16BrN3. The van der Waals surface area contributed by atoms with Crippen molar-refractivity contribution in [1.29, 1.82) is 0 Å². The summed E-state index contributed by atoms with van der Waals surface area (Å²) in [5.74, 6) is 0.552. The molecule has 1 aromatic heterocycles. The Morgan fingerprint density at radius 1 is 1.29 bits per heavy atom. The molecule has 2 rings (SSSR count). The second kappa shape index (κ2) is 4.92. The predicted molar refractivity (Wildman–Crippen MR) is 73.9 cm³/mol. The van der Waals surface area contributed by atoms with Gasteiger partial charge in [0.05, 0.1) is 5.69 Å². The minimum absolute atomic E-state index is 0.552. The molecule has 0 aliphatic heterocycles. The van der Waals surface area contributed by atoms with Crippen LogP contribution in [0.1, 0.15) is 16.8 Å². The number of rotatable bonds is 3. The number of imidazole rings is 1. The maximum atomic E-state index is 5.76. The topological polar surface area (TPSA) is 43.8 Å². The number of hydrogen-bond donors (Lipinski definition) is 1. The van der Waals surface area contributed by atoms with Crippen molar-refractivity contribution in [1.82, 2.24) is 9.55 Å². The van der Waals surface area contributed by atoms with Gasteiger partial charge in [-0.25, -0.2) is 4.98 Å². The molecule has 1 aromatic carbocycles. The second-order valence-electron chi connectivity index (χ2n) is 4.19. The van der Waals surface area contributed by atoms with Gasteiger partial charge >= 0.3 is 0 Å². The number of nitrogens with zero attached hydrogens (tertiary/aromatic N) is 2. The summed E-state index contributed by atoms with van der Waals surface area (Å²) in [6.07, 6.45) is 1.89.